The Balaban J connectivity index is 0.00000261. The van der Waals surface area contributed by atoms with Crippen molar-refractivity contribution in [3.8, 4) is 0 Å². The standard InChI is InChI=1S/C17H18N2O4S3.Na/c1-9(20)12-14(21)19-13(16(22)23)11(26-15(12)19)8-25-17(24)18(2)10-6-4-3-5-7-10;/h3-9,12-13,15,20H,1-2H3,(H,22,23);/q;+1/p-1/t9-,12+,13?,15-;/m1./s1. The summed E-state index contributed by atoms with van der Waals surface area (Å²) in [6.07, 6.45) is -0.823. The van der Waals surface area contributed by atoms with Crippen LogP contribution >= 0.6 is 35.7 Å². The number of aliphatic carboxylic acids is 1. The van der Waals surface area contributed by atoms with Gasteiger partial charge in [-0.2, -0.15) is 0 Å². The molecule has 1 N–H and O–H groups in total. The number of aliphatic hydroxyl groups is 1. The van der Waals surface area contributed by atoms with E-state index in [0.717, 1.165) is 5.69 Å². The molecule has 2 fully saturated rings. The van der Waals surface area contributed by atoms with E-state index in [1.807, 2.05) is 42.3 Å². The summed E-state index contributed by atoms with van der Waals surface area (Å²) in [5.74, 6) is -2.27. The van der Waals surface area contributed by atoms with Crippen molar-refractivity contribution in [1.82, 2.24) is 4.90 Å². The smallest absolute Gasteiger partial charge is 0.547 e. The maximum absolute atomic E-state index is 12.2. The Morgan fingerprint density at radius 3 is 2.63 bits per heavy atom. The van der Waals surface area contributed by atoms with Crippen LogP contribution in [0.2, 0.25) is 0 Å². The maximum atomic E-state index is 12.2. The quantitative estimate of drug-likeness (QED) is 0.333. The zero-order chi connectivity index (χ0) is 19.0. The molecule has 4 atom stereocenters. The molecule has 1 aromatic rings. The number of rotatable bonds is 4. The summed E-state index contributed by atoms with van der Waals surface area (Å²) in [5.41, 5.74) is 0.923. The van der Waals surface area contributed by atoms with E-state index in [1.165, 1.54) is 35.3 Å². The monoisotopic (exact) mass is 432 g/mol. The summed E-state index contributed by atoms with van der Waals surface area (Å²) in [6, 6.07) is 8.45. The summed E-state index contributed by atoms with van der Waals surface area (Å²) >= 11 is 7.91. The van der Waals surface area contributed by atoms with Crippen molar-refractivity contribution in [3.63, 3.8) is 0 Å². The molecule has 1 unspecified atom stereocenters. The van der Waals surface area contributed by atoms with Crippen LogP contribution in [-0.4, -0.2) is 50.8 Å². The number of nitrogens with zero attached hydrogens (tertiary/aromatic N) is 2. The SMILES string of the molecule is C[C@@H](O)[C@H]1C(=O)N2C(C(=O)[O-])C(=CSC(=S)N(C)c3ccccc3)S[C@H]12.[Na+]. The van der Waals surface area contributed by atoms with Crippen LogP contribution in [0.4, 0.5) is 5.69 Å². The van der Waals surface area contributed by atoms with Gasteiger partial charge in [0.2, 0.25) is 5.91 Å². The van der Waals surface area contributed by atoms with E-state index in [1.54, 1.807) is 5.41 Å². The number of thioether (sulfide) groups is 2. The van der Waals surface area contributed by atoms with Gasteiger partial charge >= 0.3 is 29.6 Å². The molecule has 2 heterocycles. The molecule has 2 saturated heterocycles. The molecule has 0 spiro atoms. The van der Waals surface area contributed by atoms with Gasteiger partial charge in [0.1, 0.15) is 10.4 Å². The average Bonchev–Trinajstić information content (AvgIpc) is 2.93. The van der Waals surface area contributed by atoms with Crippen LogP contribution in [-0.2, 0) is 9.59 Å². The minimum Gasteiger partial charge on any atom is -0.547 e. The number of carboxylic acid groups (broad SMARTS) is 1. The molecular formula is C17H17N2NaO4S3. The summed E-state index contributed by atoms with van der Waals surface area (Å²) in [4.78, 5) is 27.3. The zero-order valence-corrected chi connectivity index (χ0v) is 19.5. The largest absolute Gasteiger partial charge is 1.00 e. The number of hydrogen-bond acceptors (Lipinski definition) is 7. The number of hydrogen-bond donors (Lipinski definition) is 1. The van der Waals surface area contributed by atoms with Crippen molar-refractivity contribution in [1.29, 1.82) is 0 Å². The van der Waals surface area contributed by atoms with Crippen LogP contribution in [0.5, 0.6) is 0 Å². The molecular weight excluding hydrogens is 415 g/mol. The van der Waals surface area contributed by atoms with Crippen LogP contribution in [0, 0.1) is 5.92 Å². The van der Waals surface area contributed by atoms with Gasteiger partial charge in [-0.15, -0.1) is 11.8 Å². The van der Waals surface area contributed by atoms with Crippen LogP contribution in [0.15, 0.2) is 40.6 Å². The first-order valence-corrected chi connectivity index (χ1v) is 10.1. The molecule has 2 aliphatic rings. The van der Waals surface area contributed by atoms with Crippen molar-refractivity contribution in [2.75, 3.05) is 11.9 Å². The number of anilines is 1. The molecule has 0 aromatic heterocycles. The van der Waals surface area contributed by atoms with Gasteiger partial charge < -0.3 is 24.8 Å². The van der Waals surface area contributed by atoms with Crippen molar-refractivity contribution in [2.24, 2.45) is 5.92 Å². The average molecular weight is 433 g/mol. The molecule has 1 amide bonds. The molecule has 0 saturated carbocycles. The Kier molecular flexibility index (Phi) is 7.83. The van der Waals surface area contributed by atoms with E-state index in [-0.39, 0.29) is 40.8 Å². The Labute approximate surface area is 193 Å². The first kappa shape index (κ1) is 22.7. The third-order valence-electron chi connectivity index (χ3n) is 4.36. The molecule has 0 bridgehead atoms. The second-order valence-electron chi connectivity index (χ2n) is 6.04. The fourth-order valence-electron chi connectivity index (χ4n) is 2.97. The van der Waals surface area contributed by atoms with Gasteiger partial charge in [-0.05, 0) is 24.5 Å². The minimum absolute atomic E-state index is 0. The van der Waals surface area contributed by atoms with Crippen LogP contribution in [0.3, 0.4) is 0 Å². The van der Waals surface area contributed by atoms with Crippen molar-refractivity contribution >= 4 is 57.6 Å². The molecule has 6 nitrogen and oxygen atoms in total. The van der Waals surface area contributed by atoms with Crippen LogP contribution < -0.4 is 39.6 Å². The molecule has 3 rings (SSSR count). The molecule has 10 heteroatoms. The second kappa shape index (κ2) is 9.30. The second-order valence-corrected chi connectivity index (χ2v) is 8.73. The summed E-state index contributed by atoms with van der Waals surface area (Å²) in [6.45, 7) is 1.54. The fourth-order valence-corrected chi connectivity index (χ4v) is 5.64. The van der Waals surface area contributed by atoms with E-state index >= 15 is 0 Å². The minimum atomic E-state index is -1.33. The van der Waals surface area contributed by atoms with Crippen molar-refractivity contribution in [2.45, 2.75) is 24.4 Å². The van der Waals surface area contributed by atoms with E-state index < -0.39 is 24.0 Å². The number of carbonyl (C=O) groups excluding carboxylic acids is 2. The molecule has 1 aromatic carbocycles. The van der Waals surface area contributed by atoms with Gasteiger partial charge in [-0.3, -0.25) is 4.79 Å². The van der Waals surface area contributed by atoms with E-state index in [0.29, 0.717) is 9.23 Å². The van der Waals surface area contributed by atoms with E-state index in [4.69, 9.17) is 12.2 Å². The molecule has 27 heavy (non-hydrogen) atoms. The summed E-state index contributed by atoms with van der Waals surface area (Å²) in [7, 11) is 1.83. The predicted octanol–water partition coefficient (Wildman–Crippen LogP) is -1.98. The fraction of sp³-hybridized carbons (Fsp3) is 0.353. The number of benzene rings is 1. The summed E-state index contributed by atoms with van der Waals surface area (Å²) < 4.78 is 0.550. The molecule has 0 radical (unpaired) electrons. The van der Waals surface area contributed by atoms with E-state index in [9.17, 15) is 19.8 Å². The van der Waals surface area contributed by atoms with Crippen molar-refractivity contribution in [3.05, 3.63) is 40.6 Å². The van der Waals surface area contributed by atoms with Gasteiger partial charge in [-0.1, -0.05) is 42.2 Å². The predicted molar refractivity (Wildman–Crippen MR) is 105 cm³/mol. The number of thiocarbonyl (C=S) groups is 1. The number of carbonyl (C=O) groups is 2. The number of para-hydroxylation sites is 1. The Morgan fingerprint density at radius 1 is 1.44 bits per heavy atom. The third kappa shape index (κ3) is 4.39. The number of aliphatic hydroxyl groups excluding tert-OH is 1. The van der Waals surface area contributed by atoms with Gasteiger partial charge in [0.05, 0.1) is 23.4 Å². The Hall–Kier alpha value is -0.550. The maximum Gasteiger partial charge on any atom is 1.00 e. The normalized spacial score (nSPS) is 26.0. The van der Waals surface area contributed by atoms with Gasteiger partial charge in [0.15, 0.2) is 0 Å². The number of carboxylic acids is 1. The number of fused-ring (bicyclic) bond motifs is 1. The van der Waals surface area contributed by atoms with Gasteiger partial charge in [-0.25, -0.2) is 0 Å². The van der Waals surface area contributed by atoms with Crippen molar-refractivity contribution < 1.29 is 49.4 Å². The topological polar surface area (TPSA) is 83.9 Å². The van der Waals surface area contributed by atoms with Crippen LogP contribution in [0.25, 0.3) is 0 Å². The number of amides is 1. The number of β-lactam (4-membered cyclic amide) rings is 1. The van der Waals surface area contributed by atoms with E-state index in [2.05, 4.69) is 0 Å². The first-order chi connectivity index (χ1) is 12.3. The Morgan fingerprint density at radius 2 is 2.07 bits per heavy atom. The molecule has 2 aliphatic heterocycles. The summed E-state index contributed by atoms with van der Waals surface area (Å²) in [5, 5.41) is 22.6. The van der Waals surface area contributed by atoms with Crippen LogP contribution in [0.1, 0.15) is 6.92 Å². The molecule has 138 valence electrons. The van der Waals surface area contributed by atoms with Gasteiger partial charge in [0, 0.05) is 17.6 Å². The Bertz CT molecular complexity index is 775. The molecule has 0 aliphatic carbocycles. The zero-order valence-electron chi connectivity index (χ0n) is 15.1. The van der Waals surface area contributed by atoms with Gasteiger partial charge in [0.25, 0.3) is 0 Å². The third-order valence-corrected chi connectivity index (χ3v) is 7.30. The first-order valence-electron chi connectivity index (χ1n) is 7.90.